The maximum Gasteiger partial charge on any atom is 0.269 e. The fourth-order valence-corrected chi connectivity index (χ4v) is 5.67. The Balaban J connectivity index is 1.62. The summed E-state index contributed by atoms with van der Waals surface area (Å²) in [6.07, 6.45) is 0. The minimum absolute atomic E-state index is 0.107. The Hall–Kier alpha value is -4.00. The van der Waals surface area contributed by atoms with Gasteiger partial charge in [-0.3, -0.25) is 10.1 Å². The van der Waals surface area contributed by atoms with E-state index in [0.29, 0.717) is 25.8 Å². The molecular formula is C24H18N6OS2. The lowest BCUT2D eigenvalue weighted by Gasteiger charge is -2.10. The third-order valence-electron chi connectivity index (χ3n) is 5.33. The predicted molar refractivity (Wildman–Crippen MR) is 136 cm³/mol. The molecule has 0 saturated heterocycles. The molecule has 33 heavy (non-hydrogen) atoms. The standard InChI is InChI=1S/C24H18N6OS2/c1-11-3-6-13(7-4-11)17-14(10-25)21(27)29-23-18(17)19(26)20(33-23)22(31)30-24-28-15-8-5-12(2)9-16(15)32-24/h3-9H,26H2,1-2H3,(H2,27,29)(H,28,30,31). The molecule has 9 heteroatoms. The molecule has 0 atom stereocenters. The molecule has 2 aromatic carbocycles. The fraction of sp³-hybridized carbons (Fsp3) is 0.0833. The van der Waals surface area contributed by atoms with E-state index in [9.17, 15) is 10.1 Å². The molecule has 3 aromatic heterocycles. The van der Waals surface area contributed by atoms with Crippen molar-refractivity contribution in [1.29, 1.82) is 5.26 Å². The molecule has 0 aliphatic carbocycles. The molecule has 0 fully saturated rings. The summed E-state index contributed by atoms with van der Waals surface area (Å²) >= 11 is 2.54. The molecule has 0 aliphatic heterocycles. The maximum absolute atomic E-state index is 13.1. The molecule has 0 bridgehead atoms. The van der Waals surface area contributed by atoms with Gasteiger partial charge in [0.1, 0.15) is 27.2 Å². The third-order valence-corrected chi connectivity index (χ3v) is 7.36. The molecule has 0 radical (unpaired) electrons. The molecule has 162 valence electrons. The zero-order valence-electron chi connectivity index (χ0n) is 17.8. The van der Waals surface area contributed by atoms with Gasteiger partial charge in [-0.25, -0.2) is 9.97 Å². The molecule has 0 spiro atoms. The van der Waals surface area contributed by atoms with Crippen LogP contribution in [0.25, 0.3) is 31.6 Å². The van der Waals surface area contributed by atoms with Crippen molar-refractivity contribution >= 4 is 65.7 Å². The van der Waals surface area contributed by atoms with Crippen LogP contribution in [0.4, 0.5) is 16.6 Å². The summed E-state index contributed by atoms with van der Waals surface area (Å²) in [5.41, 5.74) is 17.5. The number of nitrogens with two attached hydrogens (primary N) is 2. The Bertz CT molecular complexity index is 1610. The van der Waals surface area contributed by atoms with E-state index >= 15 is 0 Å². The van der Waals surface area contributed by atoms with Gasteiger partial charge in [-0.05, 0) is 37.1 Å². The van der Waals surface area contributed by atoms with Crippen LogP contribution in [0, 0.1) is 25.2 Å². The first kappa shape index (κ1) is 20.9. The Kier molecular flexibility index (Phi) is 4.96. The highest BCUT2D eigenvalue weighted by Crippen LogP contribution is 2.43. The lowest BCUT2D eigenvalue weighted by Crippen LogP contribution is -2.11. The average molecular weight is 471 g/mol. The monoisotopic (exact) mass is 470 g/mol. The smallest absolute Gasteiger partial charge is 0.269 e. The van der Waals surface area contributed by atoms with Crippen molar-refractivity contribution in [3.8, 4) is 17.2 Å². The first-order chi connectivity index (χ1) is 15.9. The SMILES string of the molecule is Cc1ccc(-c2c(C#N)c(N)nc3sc(C(=O)Nc4nc5ccc(C)cc5s4)c(N)c23)cc1. The number of nitrogen functional groups attached to an aromatic ring is 2. The van der Waals surface area contributed by atoms with E-state index in [2.05, 4.69) is 21.4 Å². The summed E-state index contributed by atoms with van der Waals surface area (Å²) in [5, 5.41) is 13.7. The van der Waals surface area contributed by atoms with Gasteiger partial charge in [0.05, 0.1) is 15.9 Å². The van der Waals surface area contributed by atoms with Crippen molar-refractivity contribution < 1.29 is 4.79 Å². The molecule has 5 aromatic rings. The number of aryl methyl sites for hydroxylation is 2. The minimum atomic E-state index is -0.377. The molecule has 5 N–H and O–H groups in total. The zero-order valence-corrected chi connectivity index (χ0v) is 19.4. The summed E-state index contributed by atoms with van der Waals surface area (Å²) in [4.78, 5) is 22.8. The van der Waals surface area contributed by atoms with Crippen molar-refractivity contribution in [2.24, 2.45) is 0 Å². The average Bonchev–Trinajstić information content (AvgIpc) is 3.33. The van der Waals surface area contributed by atoms with Crippen LogP contribution in [0.2, 0.25) is 0 Å². The normalized spacial score (nSPS) is 11.1. The Morgan fingerprint density at radius 1 is 1.03 bits per heavy atom. The van der Waals surface area contributed by atoms with Gasteiger partial charge in [-0.15, -0.1) is 11.3 Å². The number of hydrogen-bond donors (Lipinski definition) is 3. The number of amides is 1. The molecule has 3 heterocycles. The van der Waals surface area contributed by atoms with Gasteiger partial charge in [-0.1, -0.05) is 47.2 Å². The second-order valence-electron chi connectivity index (χ2n) is 7.69. The van der Waals surface area contributed by atoms with Gasteiger partial charge >= 0.3 is 0 Å². The second-order valence-corrected chi connectivity index (χ2v) is 9.72. The van der Waals surface area contributed by atoms with Crippen molar-refractivity contribution in [3.63, 3.8) is 0 Å². The molecule has 0 saturated carbocycles. The number of thiophene rings is 1. The molecular weight excluding hydrogens is 452 g/mol. The van der Waals surface area contributed by atoms with E-state index in [1.54, 1.807) is 0 Å². The number of nitrogens with zero attached hydrogens (tertiary/aromatic N) is 3. The number of rotatable bonds is 3. The van der Waals surface area contributed by atoms with Crippen molar-refractivity contribution in [2.75, 3.05) is 16.8 Å². The number of nitrogens with one attached hydrogen (secondary N) is 1. The number of benzene rings is 2. The van der Waals surface area contributed by atoms with Gasteiger partial charge in [0.15, 0.2) is 5.13 Å². The van der Waals surface area contributed by atoms with Crippen molar-refractivity contribution in [3.05, 3.63) is 64.0 Å². The highest BCUT2D eigenvalue weighted by atomic mass is 32.1. The van der Waals surface area contributed by atoms with Crippen LogP contribution in [0.1, 0.15) is 26.4 Å². The first-order valence-corrected chi connectivity index (χ1v) is 11.7. The Morgan fingerprint density at radius 2 is 1.76 bits per heavy atom. The number of carbonyl (C=O) groups excluding carboxylic acids is 1. The molecule has 5 rings (SSSR count). The summed E-state index contributed by atoms with van der Waals surface area (Å²) < 4.78 is 0.990. The summed E-state index contributed by atoms with van der Waals surface area (Å²) in [7, 11) is 0. The van der Waals surface area contributed by atoms with E-state index in [1.807, 2.05) is 56.3 Å². The molecule has 0 aliphatic rings. The highest BCUT2D eigenvalue weighted by molar-refractivity contribution is 7.23. The topological polar surface area (TPSA) is 131 Å². The van der Waals surface area contributed by atoms with Crippen molar-refractivity contribution in [1.82, 2.24) is 9.97 Å². The lowest BCUT2D eigenvalue weighted by molar-refractivity contribution is 0.103. The van der Waals surface area contributed by atoms with Crippen LogP contribution in [-0.4, -0.2) is 15.9 Å². The number of thiazole rings is 1. The number of aromatic nitrogens is 2. The predicted octanol–water partition coefficient (Wildman–Crippen LogP) is 5.48. The highest BCUT2D eigenvalue weighted by Gasteiger charge is 2.24. The van der Waals surface area contributed by atoms with Gasteiger partial charge < -0.3 is 11.5 Å². The maximum atomic E-state index is 13.1. The van der Waals surface area contributed by atoms with Crippen LogP contribution in [0.15, 0.2) is 42.5 Å². The molecule has 0 unspecified atom stereocenters. The van der Waals surface area contributed by atoms with E-state index in [-0.39, 0.29) is 23.0 Å². The fourth-order valence-electron chi connectivity index (χ4n) is 3.70. The van der Waals surface area contributed by atoms with Gasteiger partial charge in [0, 0.05) is 10.9 Å². The Labute approximate surface area is 197 Å². The zero-order chi connectivity index (χ0) is 23.3. The Morgan fingerprint density at radius 3 is 2.48 bits per heavy atom. The van der Waals surface area contributed by atoms with Gasteiger partial charge in [0.25, 0.3) is 5.91 Å². The van der Waals surface area contributed by atoms with Crippen LogP contribution < -0.4 is 16.8 Å². The van der Waals surface area contributed by atoms with Crippen LogP contribution in [0.5, 0.6) is 0 Å². The van der Waals surface area contributed by atoms with E-state index < -0.39 is 0 Å². The third kappa shape index (κ3) is 3.55. The van der Waals surface area contributed by atoms with Gasteiger partial charge in [-0.2, -0.15) is 5.26 Å². The quantitative estimate of drug-likeness (QED) is 0.320. The lowest BCUT2D eigenvalue weighted by atomic mass is 9.96. The number of fused-ring (bicyclic) bond motifs is 2. The van der Waals surface area contributed by atoms with Gasteiger partial charge in [0.2, 0.25) is 0 Å². The first-order valence-electron chi connectivity index (χ1n) is 10.0. The number of hydrogen-bond acceptors (Lipinski definition) is 8. The van der Waals surface area contributed by atoms with Crippen LogP contribution in [0.3, 0.4) is 0 Å². The van der Waals surface area contributed by atoms with Crippen LogP contribution in [-0.2, 0) is 0 Å². The summed E-state index contributed by atoms with van der Waals surface area (Å²) in [6, 6.07) is 15.8. The van der Waals surface area contributed by atoms with Crippen molar-refractivity contribution in [2.45, 2.75) is 13.8 Å². The van der Waals surface area contributed by atoms with E-state index in [0.717, 1.165) is 38.2 Å². The number of nitriles is 1. The molecule has 1 amide bonds. The van der Waals surface area contributed by atoms with E-state index in [4.69, 9.17) is 11.5 Å². The number of carbonyl (C=O) groups is 1. The summed E-state index contributed by atoms with van der Waals surface area (Å²) in [6.45, 7) is 3.99. The largest absolute Gasteiger partial charge is 0.397 e. The molecule has 7 nitrogen and oxygen atoms in total. The van der Waals surface area contributed by atoms with E-state index in [1.165, 1.54) is 11.3 Å². The minimum Gasteiger partial charge on any atom is -0.397 e. The number of pyridine rings is 1. The second kappa shape index (κ2) is 7.85. The number of anilines is 3. The van der Waals surface area contributed by atoms with Crippen LogP contribution >= 0.6 is 22.7 Å². The summed E-state index contributed by atoms with van der Waals surface area (Å²) in [5.74, 6) is -0.270.